The molecular formula is C13H27NO3. The largest absolute Gasteiger partial charge is 0.444 e. The molecule has 4 heteroatoms. The van der Waals surface area contributed by atoms with E-state index in [1.165, 1.54) is 0 Å². The molecule has 0 rings (SSSR count). The fraction of sp³-hybridized carbons (Fsp3) is 0.923. The maximum Gasteiger partial charge on any atom is 0.407 e. The molecule has 0 aromatic rings. The summed E-state index contributed by atoms with van der Waals surface area (Å²) in [6.07, 6.45) is 2.68. The van der Waals surface area contributed by atoms with Crippen molar-refractivity contribution < 1.29 is 14.6 Å². The highest BCUT2D eigenvalue weighted by Crippen LogP contribution is 2.09. The van der Waals surface area contributed by atoms with Crippen molar-refractivity contribution in [3.63, 3.8) is 0 Å². The Morgan fingerprint density at radius 2 is 2.00 bits per heavy atom. The molecule has 0 bridgehead atoms. The average Bonchev–Trinajstić information content (AvgIpc) is 2.10. The third kappa shape index (κ3) is 10.1. The Hall–Kier alpha value is -0.770. The summed E-state index contributed by atoms with van der Waals surface area (Å²) in [6, 6.07) is -0.0725. The molecule has 102 valence electrons. The van der Waals surface area contributed by atoms with Crippen molar-refractivity contribution in [2.45, 2.75) is 78.0 Å². The number of hydrogen-bond donors (Lipinski definition) is 2. The maximum atomic E-state index is 11.4. The fourth-order valence-corrected chi connectivity index (χ4v) is 1.53. The third-order valence-electron chi connectivity index (χ3n) is 2.28. The van der Waals surface area contributed by atoms with E-state index in [1.54, 1.807) is 0 Å². The molecule has 1 amide bonds. The van der Waals surface area contributed by atoms with Crippen molar-refractivity contribution in [3.8, 4) is 0 Å². The zero-order chi connectivity index (χ0) is 13.5. The number of alkyl carbamates (subject to hydrolysis) is 1. The summed E-state index contributed by atoms with van der Waals surface area (Å²) in [4.78, 5) is 11.4. The number of carbonyl (C=O) groups is 1. The zero-order valence-electron chi connectivity index (χ0n) is 11.7. The first kappa shape index (κ1) is 16.2. The predicted molar refractivity (Wildman–Crippen MR) is 69.0 cm³/mol. The molecule has 0 aliphatic rings. The first-order chi connectivity index (χ1) is 7.74. The lowest BCUT2D eigenvalue weighted by molar-refractivity contribution is 0.0488. The van der Waals surface area contributed by atoms with E-state index in [0.29, 0.717) is 6.42 Å². The van der Waals surface area contributed by atoms with E-state index in [0.717, 1.165) is 19.3 Å². The average molecular weight is 245 g/mol. The number of aliphatic hydroxyl groups excluding tert-OH is 1. The first-order valence-electron chi connectivity index (χ1n) is 6.42. The summed E-state index contributed by atoms with van der Waals surface area (Å²) in [6.45, 7) is 9.45. The van der Waals surface area contributed by atoms with Crippen LogP contribution < -0.4 is 5.32 Å². The monoisotopic (exact) mass is 245 g/mol. The minimum Gasteiger partial charge on any atom is -0.444 e. The van der Waals surface area contributed by atoms with Gasteiger partial charge in [0, 0.05) is 6.04 Å². The van der Waals surface area contributed by atoms with Crippen molar-refractivity contribution in [2.24, 2.45) is 0 Å². The number of aliphatic hydroxyl groups is 1. The molecule has 0 aliphatic carbocycles. The van der Waals surface area contributed by atoms with Crippen molar-refractivity contribution in [1.29, 1.82) is 0 Å². The quantitative estimate of drug-likeness (QED) is 0.756. The van der Waals surface area contributed by atoms with Crippen LogP contribution in [0.15, 0.2) is 0 Å². The summed E-state index contributed by atoms with van der Waals surface area (Å²) in [5, 5.41) is 12.4. The van der Waals surface area contributed by atoms with Crippen molar-refractivity contribution in [3.05, 3.63) is 0 Å². The van der Waals surface area contributed by atoms with Gasteiger partial charge in [-0.15, -0.1) is 0 Å². The Bertz CT molecular complexity index is 223. The van der Waals surface area contributed by atoms with Gasteiger partial charge in [0.05, 0.1) is 6.10 Å². The van der Waals surface area contributed by atoms with E-state index in [9.17, 15) is 9.90 Å². The normalized spacial score (nSPS) is 15.2. The summed E-state index contributed by atoms with van der Waals surface area (Å²) in [5.74, 6) is 0. The molecule has 0 heterocycles. The molecule has 0 aliphatic heterocycles. The van der Waals surface area contributed by atoms with Crippen molar-refractivity contribution in [1.82, 2.24) is 5.32 Å². The van der Waals surface area contributed by atoms with Crippen LogP contribution in [0.3, 0.4) is 0 Å². The molecule has 0 saturated heterocycles. The molecule has 0 aromatic carbocycles. The van der Waals surface area contributed by atoms with Crippen LogP contribution in [0, 0.1) is 0 Å². The summed E-state index contributed by atoms with van der Waals surface area (Å²) >= 11 is 0. The van der Waals surface area contributed by atoms with Gasteiger partial charge < -0.3 is 15.2 Å². The molecule has 2 unspecified atom stereocenters. The Kier molecular flexibility index (Phi) is 7.19. The summed E-state index contributed by atoms with van der Waals surface area (Å²) in [5.41, 5.74) is -0.482. The Balaban J connectivity index is 3.85. The van der Waals surface area contributed by atoms with Gasteiger partial charge in [-0.2, -0.15) is 0 Å². The van der Waals surface area contributed by atoms with E-state index < -0.39 is 11.7 Å². The topological polar surface area (TPSA) is 58.6 Å². The van der Waals surface area contributed by atoms with E-state index in [-0.39, 0.29) is 12.1 Å². The minimum absolute atomic E-state index is 0.0725. The number of ether oxygens (including phenoxy) is 1. The maximum absolute atomic E-state index is 11.4. The van der Waals surface area contributed by atoms with Crippen LogP contribution in [-0.2, 0) is 4.74 Å². The number of unbranched alkanes of at least 4 members (excludes halogenated alkanes) is 1. The van der Waals surface area contributed by atoms with E-state index in [2.05, 4.69) is 12.2 Å². The minimum atomic E-state index is -0.482. The molecule has 0 saturated carbocycles. The molecule has 2 N–H and O–H groups in total. The van der Waals surface area contributed by atoms with Gasteiger partial charge in [-0.1, -0.05) is 19.8 Å². The van der Waals surface area contributed by atoms with Crippen LogP contribution in [0.2, 0.25) is 0 Å². The standard InChI is InChI=1S/C13H27NO3/c1-6-7-8-11(15)9-10(2)14-12(16)17-13(3,4)5/h10-11,15H,6-9H2,1-5H3,(H,14,16). The number of nitrogens with one attached hydrogen (secondary N) is 1. The first-order valence-corrected chi connectivity index (χ1v) is 6.42. The lowest BCUT2D eigenvalue weighted by atomic mass is 10.1. The molecule has 0 aromatic heterocycles. The highest BCUT2D eigenvalue weighted by molar-refractivity contribution is 5.67. The van der Waals surface area contributed by atoms with Crippen LogP contribution in [-0.4, -0.2) is 28.9 Å². The predicted octanol–water partition coefficient (Wildman–Crippen LogP) is 2.84. The van der Waals surface area contributed by atoms with Gasteiger partial charge in [0.15, 0.2) is 0 Å². The number of hydrogen-bond acceptors (Lipinski definition) is 3. The second-order valence-corrected chi connectivity index (χ2v) is 5.58. The second kappa shape index (κ2) is 7.54. The third-order valence-corrected chi connectivity index (χ3v) is 2.28. The highest BCUT2D eigenvalue weighted by atomic mass is 16.6. The van der Waals surface area contributed by atoms with Crippen molar-refractivity contribution >= 4 is 6.09 Å². The molecular weight excluding hydrogens is 218 g/mol. The van der Waals surface area contributed by atoms with Crippen LogP contribution in [0.25, 0.3) is 0 Å². The zero-order valence-corrected chi connectivity index (χ0v) is 11.7. The Labute approximate surface area is 105 Å². The second-order valence-electron chi connectivity index (χ2n) is 5.58. The highest BCUT2D eigenvalue weighted by Gasteiger charge is 2.18. The van der Waals surface area contributed by atoms with E-state index in [4.69, 9.17) is 4.74 Å². The SMILES string of the molecule is CCCCC(O)CC(C)NC(=O)OC(C)(C)C. The Morgan fingerprint density at radius 1 is 1.41 bits per heavy atom. The van der Waals surface area contributed by atoms with Crippen LogP contribution in [0.4, 0.5) is 4.79 Å². The number of amides is 1. The van der Waals surface area contributed by atoms with Gasteiger partial charge in [0.25, 0.3) is 0 Å². The van der Waals surface area contributed by atoms with Gasteiger partial charge in [-0.25, -0.2) is 4.79 Å². The van der Waals surface area contributed by atoms with Gasteiger partial charge in [-0.05, 0) is 40.5 Å². The smallest absolute Gasteiger partial charge is 0.407 e. The van der Waals surface area contributed by atoms with Gasteiger partial charge >= 0.3 is 6.09 Å². The molecule has 2 atom stereocenters. The molecule has 0 radical (unpaired) electrons. The van der Waals surface area contributed by atoms with E-state index >= 15 is 0 Å². The summed E-state index contributed by atoms with van der Waals surface area (Å²) in [7, 11) is 0. The molecule has 0 spiro atoms. The fourth-order valence-electron chi connectivity index (χ4n) is 1.53. The number of rotatable bonds is 6. The van der Waals surface area contributed by atoms with Gasteiger partial charge in [-0.3, -0.25) is 0 Å². The Morgan fingerprint density at radius 3 is 2.47 bits per heavy atom. The van der Waals surface area contributed by atoms with Crippen LogP contribution >= 0.6 is 0 Å². The van der Waals surface area contributed by atoms with Crippen LogP contribution in [0.5, 0.6) is 0 Å². The van der Waals surface area contributed by atoms with E-state index in [1.807, 2.05) is 27.7 Å². The lowest BCUT2D eigenvalue weighted by Crippen LogP contribution is -2.39. The van der Waals surface area contributed by atoms with Gasteiger partial charge in [0.2, 0.25) is 0 Å². The lowest BCUT2D eigenvalue weighted by Gasteiger charge is -2.23. The van der Waals surface area contributed by atoms with Crippen molar-refractivity contribution in [2.75, 3.05) is 0 Å². The molecule has 17 heavy (non-hydrogen) atoms. The summed E-state index contributed by atoms with van der Waals surface area (Å²) < 4.78 is 5.14. The molecule has 4 nitrogen and oxygen atoms in total. The number of carbonyl (C=O) groups excluding carboxylic acids is 1. The van der Waals surface area contributed by atoms with Crippen LogP contribution in [0.1, 0.15) is 60.3 Å². The molecule has 0 fully saturated rings. The van der Waals surface area contributed by atoms with Gasteiger partial charge in [0.1, 0.15) is 5.60 Å².